The van der Waals surface area contributed by atoms with Crippen molar-refractivity contribution in [2.45, 2.75) is 0 Å². The number of hydrogen-bond donors (Lipinski definition) is 1. The average molecular weight is 284 g/mol. The van der Waals surface area contributed by atoms with Crippen LogP contribution in [0.3, 0.4) is 0 Å². The van der Waals surface area contributed by atoms with E-state index in [2.05, 4.69) is 0 Å². The Morgan fingerprint density at radius 3 is 2.39 bits per heavy atom. The van der Waals surface area contributed by atoms with Crippen LogP contribution in [0.4, 0.5) is 10.1 Å². The second-order valence-electron chi connectivity index (χ2n) is 3.69. The van der Waals surface area contributed by atoms with Crippen molar-refractivity contribution in [1.82, 2.24) is 0 Å². The highest BCUT2D eigenvalue weighted by molar-refractivity contribution is 6.36. The number of halogens is 3. The molecular weight excluding hydrogens is 276 g/mol. The van der Waals surface area contributed by atoms with Crippen molar-refractivity contribution in [2.24, 2.45) is 0 Å². The molecule has 0 atom stereocenters. The summed E-state index contributed by atoms with van der Waals surface area (Å²) >= 11 is 11.7. The molecule has 0 aliphatic rings. The Morgan fingerprint density at radius 1 is 1.06 bits per heavy atom. The van der Waals surface area contributed by atoms with Gasteiger partial charge in [-0.15, -0.1) is 0 Å². The fourth-order valence-electron chi connectivity index (χ4n) is 1.50. The molecule has 92 valence electrons. The summed E-state index contributed by atoms with van der Waals surface area (Å²) in [7, 11) is 0. The zero-order chi connectivity index (χ0) is 13.3. The molecule has 0 radical (unpaired) electrons. The maximum Gasteiger partial charge on any atom is 0.194 e. The second-order valence-corrected chi connectivity index (χ2v) is 4.50. The first-order valence-corrected chi connectivity index (χ1v) is 5.79. The zero-order valence-electron chi connectivity index (χ0n) is 9.08. The van der Waals surface area contributed by atoms with Crippen molar-refractivity contribution >= 4 is 34.7 Å². The lowest BCUT2D eigenvalue weighted by atomic mass is 10.0. The molecule has 0 spiro atoms. The fourth-order valence-corrected chi connectivity index (χ4v) is 1.93. The number of rotatable bonds is 2. The molecule has 0 fully saturated rings. The summed E-state index contributed by atoms with van der Waals surface area (Å²) in [4.78, 5) is 12.1. The molecule has 0 unspecified atom stereocenters. The maximum atomic E-state index is 12.9. The first-order chi connectivity index (χ1) is 8.49. The van der Waals surface area contributed by atoms with E-state index in [-0.39, 0.29) is 16.4 Å². The summed E-state index contributed by atoms with van der Waals surface area (Å²) in [5.41, 5.74) is 6.52. The van der Waals surface area contributed by atoms with Gasteiger partial charge in [-0.25, -0.2) is 4.39 Å². The van der Waals surface area contributed by atoms with Crippen LogP contribution in [0, 0.1) is 5.82 Å². The number of nitrogen functional groups attached to an aromatic ring is 1. The molecule has 0 aliphatic heterocycles. The lowest BCUT2D eigenvalue weighted by Gasteiger charge is -2.05. The number of hydrogen-bond acceptors (Lipinski definition) is 2. The molecule has 0 saturated carbocycles. The monoisotopic (exact) mass is 283 g/mol. The Hall–Kier alpha value is -1.58. The first-order valence-electron chi connectivity index (χ1n) is 5.04. The summed E-state index contributed by atoms with van der Waals surface area (Å²) in [6.07, 6.45) is 0. The van der Waals surface area contributed by atoms with Crippen molar-refractivity contribution in [1.29, 1.82) is 0 Å². The molecule has 2 aromatic rings. The van der Waals surface area contributed by atoms with Crippen LogP contribution < -0.4 is 5.73 Å². The van der Waals surface area contributed by atoms with Crippen LogP contribution in [-0.2, 0) is 0 Å². The van der Waals surface area contributed by atoms with Gasteiger partial charge < -0.3 is 5.73 Å². The van der Waals surface area contributed by atoms with E-state index >= 15 is 0 Å². The van der Waals surface area contributed by atoms with Gasteiger partial charge in [-0.2, -0.15) is 0 Å². The van der Waals surface area contributed by atoms with E-state index in [0.717, 1.165) is 6.07 Å². The Balaban J connectivity index is 2.44. The number of carbonyl (C=O) groups excluding carboxylic acids is 1. The van der Waals surface area contributed by atoms with Crippen LogP contribution in [0.2, 0.25) is 10.0 Å². The van der Waals surface area contributed by atoms with Crippen LogP contribution >= 0.6 is 23.2 Å². The van der Waals surface area contributed by atoms with E-state index in [9.17, 15) is 9.18 Å². The Kier molecular flexibility index (Phi) is 3.55. The lowest BCUT2D eigenvalue weighted by molar-refractivity contribution is 0.103. The van der Waals surface area contributed by atoms with Crippen molar-refractivity contribution in [3.63, 3.8) is 0 Å². The van der Waals surface area contributed by atoms with Gasteiger partial charge in [0.25, 0.3) is 0 Å². The Labute approximate surface area is 113 Å². The molecule has 0 aliphatic carbocycles. The quantitative estimate of drug-likeness (QED) is 0.670. The van der Waals surface area contributed by atoms with Crippen LogP contribution in [0.1, 0.15) is 15.9 Å². The highest BCUT2D eigenvalue weighted by Crippen LogP contribution is 2.24. The van der Waals surface area contributed by atoms with Crippen molar-refractivity contribution in [3.05, 3.63) is 63.4 Å². The van der Waals surface area contributed by atoms with E-state index in [1.165, 1.54) is 24.3 Å². The van der Waals surface area contributed by atoms with Crippen molar-refractivity contribution in [2.75, 3.05) is 5.73 Å². The standard InChI is InChI=1S/C13H8Cl2FNO/c14-10-6-8(16)2-3-9(10)13(18)7-1-4-12(17)11(15)5-7/h1-6H,17H2. The Bertz CT molecular complexity index is 628. The molecular formula is C13H8Cl2FNO. The Morgan fingerprint density at radius 2 is 1.78 bits per heavy atom. The molecule has 2 rings (SSSR count). The van der Waals surface area contributed by atoms with E-state index in [1.807, 2.05) is 0 Å². The molecule has 0 heterocycles. The first kappa shape index (κ1) is 12.9. The highest BCUT2D eigenvalue weighted by Gasteiger charge is 2.14. The smallest absolute Gasteiger partial charge is 0.194 e. The summed E-state index contributed by atoms with van der Waals surface area (Å²) in [6.45, 7) is 0. The predicted molar refractivity (Wildman–Crippen MR) is 70.7 cm³/mol. The summed E-state index contributed by atoms with van der Waals surface area (Å²) in [6, 6.07) is 8.14. The third-order valence-electron chi connectivity index (χ3n) is 2.44. The predicted octanol–water partition coefficient (Wildman–Crippen LogP) is 3.95. The van der Waals surface area contributed by atoms with Gasteiger partial charge in [0.1, 0.15) is 5.82 Å². The van der Waals surface area contributed by atoms with Crippen LogP contribution in [0.25, 0.3) is 0 Å². The van der Waals surface area contributed by atoms with Gasteiger partial charge in [0.15, 0.2) is 5.78 Å². The highest BCUT2D eigenvalue weighted by atomic mass is 35.5. The summed E-state index contributed by atoms with van der Waals surface area (Å²) in [5, 5.41) is 0.354. The minimum absolute atomic E-state index is 0.0629. The van der Waals surface area contributed by atoms with E-state index in [4.69, 9.17) is 28.9 Å². The van der Waals surface area contributed by atoms with Crippen LogP contribution in [-0.4, -0.2) is 5.78 Å². The maximum absolute atomic E-state index is 12.9. The molecule has 0 saturated heterocycles. The van der Waals surface area contributed by atoms with E-state index in [1.54, 1.807) is 6.07 Å². The van der Waals surface area contributed by atoms with Gasteiger partial charge in [0.05, 0.1) is 15.7 Å². The van der Waals surface area contributed by atoms with Gasteiger partial charge in [-0.05, 0) is 36.4 Å². The third-order valence-corrected chi connectivity index (χ3v) is 3.08. The number of carbonyl (C=O) groups is 1. The third kappa shape index (κ3) is 2.47. The number of nitrogens with two attached hydrogens (primary N) is 1. The minimum atomic E-state index is -0.494. The van der Waals surface area contributed by atoms with Crippen LogP contribution in [0.15, 0.2) is 36.4 Å². The molecule has 2 N–H and O–H groups in total. The lowest BCUT2D eigenvalue weighted by Crippen LogP contribution is -2.03. The molecule has 5 heteroatoms. The number of benzene rings is 2. The molecule has 2 nitrogen and oxygen atoms in total. The molecule has 18 heavy (non-hydrogen) atoms. The normalized spacial score (nSPS) is 10.4. The average Bonchev–Trinajstić information content (AvgIpc) is 2.32. The van der Waals surface area contributed by atoms with E-state index in [0.29, 0.717) is 16.3 Å². The van der Waals surface area contributed by atoms with Crippen molar-refractivity contribution < 1.29 is 9.18 Å². The molecule has 0 aromatic heterocycles. The van der Waals surface area contributed by atoms with E-state index < -0.39 is 5.82 Å². The van der Waals surface area contributed by atoms with Crippen LogP contribution in [0.5, 0.6) is 0 Å². The number of anilines is 1. The minimum Gasteiger partial charge on any atom is -0.398 e. The zero-order valence-corrected chi connectivity index (χ0v) is 10.6. The van der Waals surface area contributed by atoms with Gasteiger partial charge in [-0.1, -0.05) is 23.2 Å². The second kappa shape index (κ2) is 4.96. The van der Waals surface area contributed by atoms with Gasteiger partial charge >= 0.3 is 0 Å². The molecule has 0 amide bonds. The summed E-state index contributed by atoms with van der Waals surface area (Å²) in [5.74, 6) is -0.825. The van der Waals surface area contributed by atoms with Gasteiger partial charge in [0.2, 0.25) is 0 Å². The van der Waals surface area contributed by atoms with Gasteiger partial charge in [0, 0.05) is 11.1 Å². The number of ketones is 1. The fraction of sp³-hybridized carbons (Fsp3) is 0. The molecule has 0 bridgehead atoms. The largest absolute Gasteiger partial charge is 0.398 e. The SMILES string of the molecule is Nc1ccc(C(=O)c2ccc(F)cc2Cl)cc1Cl. The molecule has 2 aromatic carbocycles. The van der Waals surface area contributed by atoms with Crippen molar-refractivity contribution in [3.8, 4) is 0 Å². The van der Waals surface area contributed by atoms with Gasteiger partial charge in [-0.3, -0.25) is 4.79 Å². The summed E-state index contributed by atoms with van der Waals surface area (Å²) < 4.78 is 12.9. The topological polar surface area (TPSA) is 43.1 Å².